The molecule has 4 fully saturated rings. The summed E-state index contributed by atoms with van der Waals surface area (Å²) in [7, 11) is 0. The maximum atomic E-state index is 12.0. The van der Waals surface area contributed by atoms with Gasteiger partial charge in [-0.3, -0.25) is 4.79 Å². The molecule has 2 nitrogen and oxygen atoms in total. The molecule has 2 heteroatoms. The molecular weight excluding hydrogens is 162 g/mol. The molecule has 4 rings (SSSR count). The number of carbonyl (C=O) groups is 1. The van der Waals surface area contributed by atoms with Crippen LogP contribution in [0.1, 0.15) is 45.4 Å². The lowest BCUT2D eigenvalue weighted by Crippen LogP contribution is -2.60. The van der Waals surface area contributed by atoms with Gasteiger partial charge in [-0.15, -0.1) is 0 Å². The number of nitrogens with zero attached hydrogens (tertiary/aromatic N) is 1. The van der Waals surface area contributed by atoms with E-state index in [1.54, 1.807) is 0 Å². The summed E-state index contributed by atoms with van der Waals surface area (Å²) in [5.41, 5.74) is 0.243. The summed E-state index contributed by atoms with van der Waals surface area (Å²) in [4.78, 5) is 14.2. The summed E-state index contributed by atoms with van der Waals surface area (Å²) in [6.07, 6.45) is 7.32. The highest BCUT2D eigenvalue weighted by Crippen LogP contribution is 2.48. The molecule has 2 bridgehead atoms. The van der Waals surface area contributed by atoms with E-state index in [0.29, 0.717) is 17.9 Å². The van der Waals surface area contributed by atoms with Crippen LogP contribution < -0.4 is 0 Å². The van der Waals surface area contributed by atoms with Crippen LogP contribution in [0.4, 0.5) is 0 Å². The van der Waals surface area contributed by atoms with Crippen LogP contribution in [0.3, 0.4) is 0 Å². The predicted molar refractivity (Wildman–Crippen MR) is 50.2 cm³/mol. The van der Waals surface area contributed by atoms with E-state index in [1.807, 2.05) is 0 Å². The first kappa shape index (κ1) is 7.84. The molecule has 1 amide bonds. The summed E-state index contributed by atoms with van der Waals surface area (Å²) in [6.45, 7) is 2.29. The number of rotatable bonds is 1. The van der Waals surface area contributed by atoms with Gasteiger partial charge in [-0.2, -0.15) is 0 Å². The zero-order valence-electron chi connectivity index (χ0n) is 8.25. The van der Waals surface area contributed by atoms with Crippen molar-refractivity contribution in [3.8, 4) is 0 Å². The van der Waals surface area contributed by atoms with Crippen LogP contribution in [0.5, 0.6) is 0 Å². The molecule has 72 valence electrons. The van der Waals surface area contributed by atoms with Crippen LogP contribution in [0, 0.1) is 5.92 Å². The summed E-state index contributed by atoms with van der Waals surface area (Å²) >= 11 is 0. The lowest BCUT2D eigenvalue weighted by molar-refractivity contribution is -0.155. The number of amides is 1. The van der Waals surface area contributed by atoms with Gasteiger partial charge in [-0.1, -0.05) is 0 Å². The van der Waals surface area contributed by atoms with E-state index in [9.17, 15) is 4.79 Å². The Morgan fingerprint density at radius 2 is 1.85 bits per heavy atom. The number of fused-ring (bicyclic) bond motifs is 3. The van der Waals surface area contributed by atoms with Crippen molar-refractivity contribution in [3.05, 3.63) is 0 Å². The third-order valence-corrected chi connectivity index (χ3v) is 4.14. The second kappa shape index (κ2) is 2.28. The van der Waals surface area contributed by atoms with Crippen molar-refractivity contribution >= 4 is 5.91 Å². The highest BCUT2D eigenvalue weighted by Gasteiger charge is 2.52. The van der Waals surface area contributed by atoms with Crippen LogP contribution in [-0.4, -0.2) is 22.4 Å². The van der Waals surface area contributed by atoms with Gasteiger partial charge in [0.15, 0.2) is 0 Å². The Labute approximate surface area is 79.3 Å². The van der Waals surface area contributed by atoms with Crippen molar-refractivity contribution in [2.45, 2.75) is 57.0 Å². The van der Waals surface area contributed by atoms with E-state index in [0.717, 1.165) is 12.8 Å². The van der Waals surface area contributed by atoms with Gasteiger partial charge in [-0.05, 0) is 45.4 Å². The van der Waals surface area contributed by atoms with Gasteiger partial charge in [0.2, 0.25) is 5.91 Å². The Hall–Kier alpha value is -0.530. The minimum Gasteiger partial charge on any atom is -0.334 e. The second-order valence-corrected chi connectivity index (χ2v) is 5.21. The van der Waals surface area contributed by atoms with Crippen molar-refractivity contribution in [3.63, 3.8) is 0 Å². The zero-order chi connectivity index (χ0) is 9.05. The summed E-state index contributed by atoms with van der Waals surface area (Å²) in [5, 5.41) is 0. The Morgan fingerprint density at radius 1 is 1.23 bits per heavy atom. The maximum absolute atomic E-state index is 12.0. The van der Waals surface area contributed by atoms with Gasteiger partial charge >= 0.3 is 0 Å². The van der Waals surface area contributed by atoms with Crippen LogP contribution >= 0.6 is 0 Å². The Balaban J connectivity index is 1.94. The molecule has 0 aromatic rings. The number of piperidine rings is 2. The van der Waals surface area contributed by atoms with Gasteiger partial charge in [0, 0.05) is 17.5 Å². The molecule has 4 aliphatic rings. The maximum Gasteiger partial charge on any atom is 0.226 e. The van der Waals surface area contributed by atoms with E-state index >= 15 is 0 Å². The molecule has 0 radical (unpaired) electrons. The topological polar surface area (TPSA) is 20.3 Å². The highest BCUT2D eigenvalue weighted by atomic mass is 16.2. The summed E-state index contributed by atoms with van der Waals surface area (Å²) < 4.78 is 0. The first-order valence-electron chi connectivity index (χ1n) is 5.54. The molecule has 2 saturated carbocycles. The number of hydrogen-bond donors (Lipinski definition) is 0. The molecular formula is C11H17NO. The van der Waals surface area contributed by atoms with Crippen LogP contribution in [0.2, 0.25) is 0 Å². The normalized spacial score (nSPS) is 44.2. The standard InChI is InChI=1S/C11H17NO/c1-11-6-4-8(5-7-11)10(13)12(11)9-2-3-9/h8-9H,2-7H2,1H3. The Kier molecular flexibility index (Phi) is 1.38. The van der Waals surface area contributed by atoms with Crippen molar-refractivity contribution in [2.75, 3.05) is 0 Å². The van der Waals surface area contributed by atoms with Crippen molar-refractivity contribution in [2.24, 2.45) is 5.92 Å². The lowest BCUT2D eigenvalue weighted by atomic mass is 9.71. The monoisotopic (exact) mass is 179 g/mol. The molecule has 0 aromatic carbocycles. The van der Waals surface area contributed by atoms with E-state index in [-0.39, 0.29) is 5.54 Å². The Bertz CT molecular complexity index is 249. The van der Waals surface area contributed by atoms with Crippen LogP contribution in [0.25, 0.3) is 0 Å². The van der Waals surface area contributed by atoms with Crippen LogP contribution in [0.15, 0.2) is 0 Å². The average Bonchev–Trinajstić information content (AvgIpc) is 2.88. The fraction of sp³-hybridized carbons (Fsp3) is 0.909. The molecule has 0 atom stereocenters. The zero-order valence-corrected chi connectivity index (χ0v) is 8.25. The van der Waals surface area contributed by atoms with E-state index in [2.05, 4.69) is 11.8 Å². The van der Waals surface area contributed by atoms with Gasteiger partial charge < -0.3 is 4.90 Å². The van der Waals surface area contributed by atoms with E-state index < -0.39 is 0 Å². The molecule has 0 N–H and O–H groups in total. The quantitative estimate of drug-likeness (QED) is 0.602. The number of carbonyl (C=O) groups excluding carboxylic acids is 1. The minimum absolute atomic E-state index is 0.243. The van der Waals surface area contributed by atoms with Gasteiger partial charge in [0.1, 0.15) is 0 Å². The molecule has 2 aliphatic carbocycles. The fourth-order valence-electron chi connectivity index (χ4n) is 3.14. The van der Waals surface area contributed by atoms with Gasteiger partial charge in [0.25, 0.3) is 0 Å². The number of hydrogen-bond acceptors (Lipinski definition) is 1. The highest BCUT2D eigenvalue weighted by molar-refractivity contribution is 5.82. The smallest absolute Gasteiger partial charge is 0.226 e. The first-order chi connectivity index (χ1) is 6.21. The van der Waals surface area contributed by atoms with Gasteiger partial charge in [0.05, 0.1) is 0 Å². The molecule has 13 heavy (non-hydrogen) atoms. The molecule has 0 spiro atoms. The third-order valence-electron chi connectivity index (χ3n) is 4.14. The van der Waals surface area contributed by atoms with Crippen molar-refractivity contribution in [1.82, 2.24) is 4.90 Å². The minimum atomic E-state index is 0.243. The molecule has 2 saturated heterocycles. The second-order valence-electron chi connectivity index (χ2n) is 5.21. The van der Waals surface area contributed by atoms with Crippen molar-refractivity contribution in [1.29, 1.82) is 0 Å². The SMILES string of the molecule is CC12CCC(CC1)C(=O)N2C1CC1. The largest absolute Gasteiger partial charge is 0.334 e. The third kappa shape index (κ3) is 0.976. The summed E-state index contributed by atoms with van der Waals surface area (Å²) in [6, 6.07) is 0.626. The average molecular weight is 179 g/mol. The van der Waals surface area contributed by atoms with E-state index in [1.165, 1.54) is 25.7 Å². The Morgan fingerprint density at radius 3 is 2.31 bits per heavy atom. The first-order valence-corrected chi connectivity index (χ1v) is 5.54. The lowest BCUT2D eigenvalue weighted by Gasteiger charge is -2.52. The summed E-state index contributed by atoms with van der Waals surface area (Å²) in [5.74, 6) is 0.866. The van der Waals surface area contributed by atoms with E-state index in [4.69, 9.17) is 0 Å². The molecule has 0 unspecified atom stereocenters. The van der Waals surface area contributed by atoms with Crippen LogP contribution in [-0.2, 0) is 4.79 Å². The molecule has 2 aliphatic heterocycles. The van der Waals surface area contributed by atoms with Gasteiger partial charge in [-0.25, -0.2) is 0 Å². The predicted octanol–water partition coefficient (Wildman–Crippen LogP) is 1.94. The van der Waals surface area contributed by atoms with Crippen molar-refractivity contribution < 1.29 is 4.79 Å². The fourth-order valence-corrected chi connectivity index (χ4v) is 3.14. The molecule has 2 heterocycles. The molecule has 0 aromatic heterocycles.